The maximum absolute atomic E-state index is 5.95. The molecule has 0 saturated carbocycles. The average molecular weight is 285 g/mol. The van der Waals surface area contributed by atoms with Gasteiger partial charge in [0.15, 0.2) is 0 Å². The van der Waals surface area contributed by atoms with Crippen molar-refractivity contribution in [2.24, 2.45) is 5.92 Å². The lowest BCUT2D eigenvalue weighted by Crippen LogP contribution is -2.26. The predicted molar refractivity (Wildman–Crippen MR) is 75.9 cm³/mol. The molecule has 1 aromatic rings. The van der Waals surface area contributed by atoms with Crippen LogP contribution in [0, 0.1) is 5.92 Å². The molecule has 2 rings (SSSR count). The highest BCUT2D eigenvalue weighted by molar-refractivity contribution is 6.28. The Labute approximate surface area is 119 Å². The molecule has 19 heavy (non-hydrogen) atoms. The van der Waals surface area contributed by atoms with E-state index in [1.54, 1.807) is 0 Å². The molecule has 106 valence electrons. The van der Waals surface area contributed by atoms with E-state index in [2.05, 4.69) is 26.8 Å². The molecule has 1 atom stereocenters. The Hall–Kier alpha value is -1.10. The minimum atomic E-state index is 0.202. The van der Waals surface area contributed by atoms with Crippen LogP contribution in [0.15, 0.2) is 0 Å². The summed E-state index contributed by atoms with van der Waals surface area (Å²) in [5, 5.41) is 0.202. The van der Waals surface area contributed by atoms with Crippen molar-refractivity contribution in [1.82, 2.24) is 15.0 Å². The average Bonchev–Trinajstić information content (AvgIpc) is 2.60. The van der Waals surface area contributed by atoms with Crippen molar-refractivity contribution >= 4 is 17.5 Å². The summed E-state index contributed by atoms with van der Waals surface area (Å²) in [6, 6.07) is 0.328. The molecule has 1 aromatic heterocycles. The van der Waals surface area contributed by atoms with Crippen molar-refractivity contribution in [1.29, 1.82) is 0 Å². The van der Waals surface area contributed by atoms with Crippen LogP contribution in [0.1, 0.15) is 39.5 Å². The van der Waals surface area contributed by atoms with Crippen LogP contribution in [0.25, 0.3) is 0 Å². The summed E-state index contributed by atoms with van der Waals surface area (Å²) >= 11 is 5.95. The Kier molecular flexibility index (Phi) is 5.19. The topological polar surface area (TPSA) is 51.1 Å². The van der Waals surface area contributed by atoms with Crippen LogP contribution < -0.4 is 9.64 Å². The summed E-state index contributed by atoms with van der Waals surface area (Å²) in [4.78, 5) is 14.8. The van der Waals surface area contributed by atoms with Gasteiger partial charge in [-0.15, -0.1) is 0 Å². The van der Waals surface area contributed by atoms with Gasteiger partial charge < -0.3 is 9.64 Å². The first kappa shape index (κ1) is 14.3. The minimum Gasteiger partial charge on any atom is -0.463 e. The molecule has 0 aliphatic carbocycles. The van der Waals surface area contributed by atoms with Crippen LogP contribution in [0.5, 0.6) is 6.01 Å². The number of rotatable bonds is 4. The van der Waals surface area contributed by atoms with E-state index in [1.807, 2.05) is 6.92 Å². The highest BCUT2D eigenvalue weighted by atomic mass is 35.5. The number of hydrogen-bond acceptors (Lipinski definition) is 5. The fourth-order valence-electron chi connectivity index (χ4n) is 2.18. The molecule has 1 fully saturated rings. The zero-order chi connectivity index (χ0) is 13.7. The van der Waals surface area contributed by atoms with Gasteiger partial charge >= 0.3 is 6.01 Å². The van der Waals surface area contributed by atoms with Gasteiger partial charge in [-0.25, -0.2) is 0 Å². The highest BCUT2D eigenvalue weighted by Gasteiger charge is 2.18. The Morgan fingerprint density at radius 2 is 2.11 bits per heavy atom. The molecule has 5 nitrogen and oxygen atoms in total. The predicted octanol–water partition coefficient (Wildman–Crippen LogP) is 2.94. The number of ether oxygens (including phenoxy) is 1. The van der Waals surface area contributed by atoms with Gasteiger partial charge in [0.05, 0.1) is 6.61 Å². The van der Waals surface area contributed by atoms with E-state index in [0.29, 0.717) is 18.6 Å². The van der Waals surface area contributed by atoms with Gasteiger partial charge in [-0.3, -0.25) is 0 Å². The Balaban J connectivity index is 2.11. The van der Waals surface area contributed by atoms with Gasteiger partial charge in [-0.1, -0.05) is 13.8 Å². The molecule has 1 aliphatic rings. The van der Waals surface area contributed by atoms with Crippen LogP contribution in [-0.2, 0) is 0 Å². The Morgan fingerprint density at radius 1 is 1.26 bits per heavy atom. The number of anilines is 1. The van der Waals surface area contributed by atoms with Crippen LogP contribution >= 0.6 is 11.6 Å². The molecule has 0 radical (unpaired) electrons. The van der Waals surface area contributed by atoms with Crippen LogP contribution in [0.3, 0.4) is 0 Å². The molecule has 0 N–H and O–H groups in total. The molecule has 1 saturated heterocycles. The zero-order valence-corrected chi connectivity index (χ0v) is 12.4. The van der Waals surface area contributed by atoms with Crippen LogP contribution in [-0.4, -0.2) is 34.6 Å². The van der Waals surface area contributed by atoms with Crippen LogP contribution in [0.2, 0.25) is 5.28 Å². The van der Waals surface area contributed by atoms with E-state index in [-0.39, 0.29) is 5.28 Å². The summed E-state index contributed by atoms with van der Waals surface area (Å²) in [7, 11) is 0. The quantitative estimate of drug-likeness (QED) is 0.851. The highest BCUT2D eigenvalue weighted by Crippen LogP contribution is 2.21. The first-order valence-corrected chi connectivity index (χ1v) is 7.36. The molecular weight excluding hydrogens is 264 g/mol. The lowest BCUT2D eigenvalue weighted by molar-refractivity contribution is 0.291. The van der Waals surface area contributed by atoms with Crippen molar-refractivity contribution in [2.45, 2.75) is 39.5 Å². The third-order valence-corrected chi connectivity index (χ3v) is 3.48. The number of halogens is 1. The summed E-state index contributed by atoms with van der Waals surface area (Å²) < 4.78 is 5.45. The van der Waals surface area contributed by atoms with Crippen molar-refractivity contribution in [3.8, 4) is 6.01 Å². The first-order valence-electron chi connectivity index (χ1n) is 6.98. The molecule has 0 spiro atoms. The molecule has 0 aromatic carbocycles. The van der Waals surface area contributed by atoms with Crippen molar-refractivity contribution in [2.75, 3.05) is 24.6 Å². The maximum Gasteiger partial charge on any atom is 0.322 e. The normalized spacial score (nSPS) is 20.2. The molecule has 1 unspecified atom stereocenters. The summed E-state index contributed by atoms with van der Waals surface area (Å²) in [6.45, 7) is 6.86. The molecule has 2 heterocycles. The first-order chi connectivity index (χ1) is 9.19. The molecule has 6 heteroatoms. The second-order valence-corrected chi connectivity index (χ2v) is 5.40. The van der Waals surface area contributed by atoms with Gasteiger partial charge in [0.25, 0.3) is 0 Å². The van der Waals surface area contributed by atoms with Gasteiger partial charge in [-0.2, -0.15) is 15.0 Å². The van der Waals surface area contributed by atoms with E-state index in [1.165, 1.54) is 6.42 Å². The fourth-order valence-corrected chi connectivity index (χ4v) is 2.33. The standard InChI is InChI=1S/C13H21ClN4O/c1-3-9-19-13-16-11(14)15-12(17-13)18-7-4-5-10(2)6-8-18/h10H,3-9H2,1-2H3. The van der Waals surface area contributed by atoms with E-state index in [9.17, 15) is 0 Å². The Morgan fingerprint density at radius 3 is 2.89 bits per heavy atom. The lowest BCUT2D eigenvalue weighted by Gasteiger charge is -2.20. The van der Waals surface area contributed by atoms with Gasteiger partial charge in [0.2, 0.25) is 11.2 Å². The fraction of sp³-hybridized carbons (Fsp3) is 0.769. The number of hydrogen-bond donors (Lipinski definition) is 0. The van der Waals surface area contributed by atoms with E-state index in [4.69, 9.17) is 16.3 Å². The maximum atomic E-state index is 5.95. The lowest BCUT2D eigenvalue weighted by atomic mass is 10.0. The minimum absolute atomic E-state index is 0.202. The second-order valence-electron chi connectivity index (χ2n) is 5.06. The molecule has 1 aliphatic heterocycles. The summed E-state index contributed by atoms with van der Waals surface area (Å²) in [6.07, 6.45) is 4.50. The SMILES string of the molecule is CCCOc1nc(Cl)nc(N2CCCC(C)CC2)n1. The smallest absolute Gasteiger partial charge is 0.322 e. The van der Waals surface area contributed by atoms with E-state index >= 15 is 0 Å². The monoisotopic (exact) mass is 284 g/mol. The van der Waals surface area contributed by atoms with Crippen molar-refractivity contribution in [3.05, 3.63) is 5.28 Å². The number of nitrogens with zero attached hydrogens (tertiary/aromatic N) is 4. The Bertz CT molecular complexity index is 416. The molecular formula is C13H21ClN4O. The molecule has 0 amide bonds. The number of aromatic nitrogens is 3. The van der Waals surface area contributed by atoms with Gasteiger partial charge in [-0.05, 0) is 43.2 Å². The third kappa shape index (κ3) is 4.20. The third-order valence-electron chi connectivity index (χ3n) is 3.31. The second kappa shape index (κ2) is 6.89. The van der Waals surface area contributed by atoms with Crippen molar-refractivity contribution in [3.63, 3.8) is 0 Å². The van der Waals surface area contributed by atoms with Gasteiger partial charge in [0, 0.05) is 13.1 Å². The van der Waals surface area contributed by atoms with Crippen molar-refractivity contribution < 1.29 is 4.74 Å². The van der Waals surface area contributed by atoms with E-state index in [0.717, 1.165) is 38.3 Å². The summed E-state index contributed by atoms with van der Waals surface area (Å²) in [5.74, 6) is 1.40. The zero-order valence-electron chi connectivity index (χ0n) is 11.6. The van der Waals surface area contributed by atoms with E-state index < -0.39 is 0 Å². The molecule has 0 bridgehead atoms. The largest absolute Gasteiger partial charge is 0.463 e. The van der Waals surface area contributed by atoms with Gasteiger partial charge in [0.1, 0.15) is 0 Å². The summed E-state index contributed by atoms with van der Waals surface area (Å²) in [5.41, 5.74) is 0. The van der Waals surface area contributed by atoms with Crippen LogP contribution in [0.4, 0.5) is 5.95 Å².